The van der Waals surface area contributed by atoms with Crippen molar-refractivity contribution in [2.75, 3.05) is 13.1 Å². The van der Waals surface area contributed by atoms with Crippen molar-refractivity contribution in [2.24, 2.45) is 0 Å². The summed E-state index contributed by atoms with van der Waals surface area (Å²) < 4.78 is 27.1. The number of aromatic nitrogens is 2. The Balaban J connectivity index is 0.00000242. The van der Waals surface area contributed by atoms with Crippen molar-refractivity contribution in [3.8, 4) is 0 Å². The minimum atomic E-state index is -3.47. The van der Waals surface area contributed by atoms with Crippen molar-refractivity contribution < 1.29 is 8.42 Å². The summed E-state index contributed by atoms with van der Waals surface area (Å²) in [6, 6.07) is 0.536. The smallest absolute Gasteiger partial charge is 0.244 e. The summed E-state index contributed by atoms with van der Waals surface area (Å²) in [5.74, 6) is 0. The summed E-state index contributed by atoms with van der Waals surface area (Å²) in [7, 11) is -3.47. The highest BCUT2D eigenvalue weighted by Gasteiger charge is 2.21. The molecule has 0 saturated heterocycles. The molecule has 1 aliphatic rings. The van der Waals surface area contributed by atoms with E-state index in [1.165, 1.54) is 38.5 Å². The fraction of sp³-hybridized carbons (Fsp3) is 0.786. The molecular weight excluding hydrogens is 324 g/mol. The normalized spacial score (nSPS) is 17.0. The molecule has 3 N–H and O–H groups in total. The SMILES string of the molecule is Cc1n[nH]c(C)c1S(=O)(=O)NCCNC1CCCCCC1.Cl. The molecule has 1 saturated carbocycles. The van der Waals surface area contributed by atoms with Crippen LogP contribution in [0.15, 0.2) is 4.90 Å². The molecule has 8 heteroatoms. The van der Waals surface area contributed by atoms with Gasteiger partial charge in [0.25, 0.3) is 0 Å². The number of rotatable bonds is 6. The van der Waals surface area contributed by atoms with Crippen LogP contribution >= 0.6 is 12.4 Å². The van der Waals surface area contributed by atoms with Gasteiger partial charge in [-0.1, -0.05) is 25.7 Å². The van der Waals surface area contributed by atoms with Gasteiger partial charge in [0.2, 0.25) is 10.0 Å². The van der Waals surface area contributed by atoms with Crippen LogP contribution in [0.3, 0.4) is 0 Å². The molecule has 0 bridgehead atoms. The van der Waals surface area contributed by atoms with Gasteiger partial charge in [0.05, 0.1) is 11.4 Å². The molecule has 128 valence electrons. The predicted octanol–water partition coefficient (Wildman–Crippen LogP) is 2.04. The maximum atomic E-state index is 12.2. The van der Waals surface area contributed by atoms with E-state index in [4.69, 9.17) is 0 Å². The lowest BCUT2D eigenvalue weighted by atomic mass is 10.1. The summed E-state index contributed by atoms with van der Waals surface area (Å²) in [6.07, 6.45) is 7.60. The maximum Gasteiger partial charge on any atom is 0.244 e. The van der Waals surface area contributed by atoms with E-state index >= 15 is 0 Å². The van der Waals surface area contributed by atoms with Crippen LogP contribution < -0.4 is 10.0 Å². The standard InChI is InChI=1S/C14H26N4O2S.ClH/c1-11-14(12(2)18-17-11)21(19,20)16-10-9-15-13-7-5-3-4-6-8-13;/h13,15-16H,3-10H2,1-2H3,(H,17,18);1H. The molecule has 22 heavy (non-hydrogen) atoms. The van der Waals surface area contributed by atoms with Crippen molar-refractivity contribution >= 4 is 22.4 Å². The highest BCUT2D eigenvalue weighted by Crippen LogP contribution is 2.17. The zero-order valence-electron chi connectivity index (χ0n) is 13.3. The first-order valence-corrected chi connectivity index (χ1v) is 9.23. The number of halogens is 1. The fourth-order valence-electron chi connectivity index (χ4n) is 2.95. The van der Waals surface area contributed by atoms with Crippen molar-refractivity contribution in [1.29, 1.82) is 0 Å². The van der Waals surface area contributed by atoms with E-state index < -0.39 is 10.0 Å². The van der Waals surface area contributed by atoms with E-state index in [2.05, 4.69) is 20.2 Å². The molecule has 6 nitrogen and oxygen atoms in total. The molecule has 1 heterocycles. The van der Waals surface area contributed by atoms with Gasteiger partial charge in [-0.3, -0.25) is 5.10 Å². The van der Waals surface area contributed by atoms with Gasteiger partial charge in [-0.15, -0.1) is 12.4 Å². The Labute approximate surface area is 139 Å². The second kappa shape index (κ2) is 8.86. The first-order chi connectivity index (χ1) is 10.0. The average Bonchev–Trinajstić information content (AvgIpc) is 2.66. The first kappa shape index (κ1) is 19.4. The van der Waals surface area contributed by atoms with Gasteiger partial charge < -0.3 is 5.32 Å². The molecule has 1 aromatic heterocycles. The van der Waals surface area contributed by atoms with Crippen LogP contribution in [-0.2, 0) is 10.0 Å². The average molecular weight is 351 g/mol. The zero-order valence-corrected chi connectivity index (χ0v) is 14.9. The highest BCUT2D eigenvalue weighted by atomic mass is 35.5. The monoisotopic (exact) mass is 350 g/mol. The molecule has 2 rings (SSSR count). The van der Waals surface area contributed by atoms with Gasteiger partial charge in [0, 0.05) is 19.1 Å². The van der Waals surface area contributed by atoms with Crippen LogP contribution in [0.5, 0.6) is 0 Å². The maximum absolute atomic E-state index is 12.2. The Hall–Kier alpha value is -0.630. The Morgan fingerprint density at radius 1 is 1.14 bits per heavy atom. The minimum Gasteiger partial charge on any atom is -0.313 e. The molecule has 0 spiro atoms. The lowest BCUT2D eigenvalue weighted by Crippen LogP contribution is -2.37. The Kier molecular flexibility index (Phi) is 7.82. The molecule has 0 aromatic carbocycles. The summed E-state index contributed by atoms with van der Waals surface area (Å²) >= 11 is 0. The first-order valence-electron chi connectivity index (χ1n) is 7.75. The van der Waals surface area contributed by atoms with Crippen molar-refractivity contribution in [3.05, 3.63) is 11.4 Å². The lowest BCUT2D eigenvalue weighted by molar-refractivity contribution is 0.461. The molecule has 1 aromatic rings. The van der Waals surface area contributed by atoms with E-state index in [1.807, 2.05) is 0 Å². The van der Waals surface area contributed by atoms with Crippen LogP contribution in [0.1, 0.15) is 49.9 Å². The third kappa shape index (κ3) is 5.22. The number of nitrogens with one attached hydrogen (secondary N) is 3. The van der Waals surface area contributed by atoms with E-state index in [-0.39, 0.29) is 17.3 Å². The third-order valence-electron chi connectivity index (χ3n) is 4.03. The second-order valence-corrected chi connectivity index (χ2v) is 7.51. The quantitative estimate of drug-likeness (QED) is 0.541. The number of H-pyrrole nitrogens is 1. The summed E-state index contributed by atoms with van der Waals surface area (Å²) in [5, 5.41) is 10.1. The minimum absolute atomic E-state index is 0. The molecule has 0 radical (unpaired) electrons. The van der Waals surface area contributed by atoms with Crippen LogP contribution in [0.2, 0.25) is 0 Å². The van der Waals surface area contributed by atoms with Crippen molar-refractivity contribution in [3.63, 3.8) is 0 Å². The Morgan fingerprint density at radius 3 is 2.32 bits per heavy atom. The number of hydrogen-bond donors (Lipinski definition) is 3. The summed E-state index contributed by atoms with van der Waals surface area (Å²) in [5.41, 5.74) is 1.09. The molecular formula is C14H27ClN4O2S. The Bertz CT molecular complexity index is 532. The van der Waals surface area contributed by atoms with Crippen LogP contribution in [0, 0.1) is 13.8 Å². The van der Waals surface area contributed by atoms with Gasteiger partial charge in [-0.25, -0.2) is 13.1 Å². The molecule has 0 unspecified atom stereocenters. The van der Waals surface area contributed by atoms with E-state index in [0.717, 1.165) is 0 Å². The number of hydrogen-bond acceptors (Lipinski definition) is 4. The number of sulfonamides is 1. The van der Waals surface area contributed by atoms with Gasteiger partial charge in [0.15, 0.2) is 0 Å². The van der Waals surface area contributed by atoms with Gasteiger partial charge >= 0.3 is 0 Å². The second-order valence-electron chi connectivity index (χ2n) is 5.80. The summed E-state index contributed by atoms with van der Waals surface area (Å²) in [6.45, 7) is 4.49. The van der Waals surface area contributed by atoms with Crippen LogP contribution in [0.4, 0.5) is 0 Å². The fourth-order valence-corrected chi connectivity index (χ4v) is 4.35. The van der Waals surface area contributed by atoms with Gasteiger partial charge in [0.1, 0.15) is 4.90 Å². The van der Waals surface area contributed by atoms with Gasteiger partial charge in [-0.2, -0.15) is 5.10 Å². The third-order valence-corrected chi connectivity index (χ3v) is 5.76. The molecule has 1 fully saturated rings. The molecule has 0 atom stereocenters. The van der Waals surface area contributed by atoms with Crippen molar-refractivity contribution in [2.45, 2.75) is 63.3 Å². The van der Waals surface area contributed by atoms with E-state index in [0.29, 0.717) is 30.5 Å². The molecule has 0 aliphatic heterocycles. The molecule has 0 amide bonds. The van der Waals surface area contributed by atoms with E-state index in [1.54, 1.807) is 13.8 Å². The van der Waals surface area contributed by atoms with E-state index in [9.17, 15) is 8.42 Å². The zero-order chi connectivity index (χ0) is 15.3. The van der Waals surface area contributed by atoms with Crippen LogP contribution in [-0.4, -0.2) is 37.7 Å². The number of aromatic amines is 1. The summed E-state index contributed by atoms with van der Waals surface area (Å²) in [4.78, 5) is 0.275. The Morgan fingerprint density at radius 2 is 1.77 bits per heavy atom. The lowest BCUT2D eigenvalue weighted by Gasteiger charge is -2.16. The predicted molar refractivity (Wildman–Crippen MR) is 90.0 cm³/mol. The van der Waals surface area contributed by atoms with Crippen LogP contribution in [0.25, 0.3) is 0 Å². The molecule has 1 aliphatic carbocycles. The largest absolute Gasteiger partial charge is 0.313 e. The highest BCUT2D eigenvalue weighted by molar-refractivity contribution is 7.89. The number of aryl methyl sites for hydroxylation is 2. The van der Waals surface area contributed by atoms with Gasteiger partial charge in [-0.05, 0) is 26.7 Å². The number of nitrogens with zero attached hydrogens (tertiary/aromatic N) is 1. The van der Waals surface area contributed by atoms with Crippen molar-refractivity contribution in [1.82, 2.24) is 20.2 Å². The topological polar surface area (TPSA) is 86.9 Å².